The summed E-state index contributed by atoms with van der Waals surface area (Å²) in [6.07, 6.45) is 4.28. The molecule has 2 aromatic heterocycles. The number of fused-ring (bicyclic) bond motifs is 2. The van der Waals surface area contributed by atoms with Gasteiger partial charge in [-0.1, -0.05) is 12.1 Å². The van der Waals surface area contributed by atoms with Crippen molar-refractivity contribution in [2.75, 3.05) is 12.3 Å². The van der Waals surface area contributed by atoms with E-state index in [0.29, 0.717) is 48.3 Å². The van der Waals surface area contributed by atoms with E-state index in [-0.39, 0.29) is 17.2 Å². The highest BCUT2D eigenvalue weighted by atomic mass is 32.2. The summed E-state index contributed by atoms with van der Waals surface area (Å²) in [4.78, 5) is 18.5. The van der Waals surface area contributed by atoms with Crippen LogP contribution in [0.1, 0.15) is 23.2 Å². The number of aryl methyl sites for hydroxylation is 1. The van der Waals surface area contributed by atoms with Crippen LogP contribution in [0.4, 0.5) is 5.69 Å². The second-order valence-corrected chi connectivity index (χ2v) is 10.6. The van der Waals surface area contributed by atoms with Crippen LogP contribution in [-0.4, -0.2) is 41.4 Å². The lowest BCUT2D eigenvalue weighted by Crippen LogP contribution is -2.50. The summed E-state index contributed by atoms with van der Waals surface area (Å²) in [5.74, 6) is -0.307. The SMILES string of the molecule is N#Cc1cccn1CCC(NS(=O)(=O)c1cccc2[nH]ccc12)C(=O)N1CCc2ccc(N)cc2C1. The number of aromatic nitrogens is 2. The van der Waals surface area contributed by atoms with Gasteiger partial charge in [0.2, 0.25) is 15.9 Å². The van der Waals surface area contributed by atoms with Gasteiger partial charge in [-0.2, -0.15) is 9.98 Å². The molecule has 4 aromatic rings. The molecule has 0 spiro atoms. The zero-order valence-electron chi connectivity index (χ0n) is 19.5. The molecule has 184 valence electrons. The molecule has 3 heterocycles. The van der Waals surface area contributed by atoms with Gasteiger partial charge in [-0.25, -0.2) is 8.42 Å². The first kappa shape index (κ1) is 23.7. The molecule has 1 aliphatic heterocycles. The fourth-order valence-corrected chi connectivity index (χ4v) is 6.18. The Balaban J connectivity index is 1.43. The van der Waals surface area contributed by atoms with Gasteiger partial charge in [0.05, 0.1) is 4.90 Å². The van der Waals surface area contributed by atoms with Crippen molar-refractivity contribution >= 4 is 32.5 Å². The number of carbonyl (C=O) groups is 1. The predicted molar refractivity (Wildman–Crippen MR) is 136 cm³/mol. The van der Waals surface area contributed by atoms with Crippen molar-refractivity contribution in [3.05, 3.63) is 83.8 Å². The van der Waals surface area contributed by atoms with E-state index in [1.54, 1.807) is 52.2 Å². The number of carbonyl (C=O) groups excluding carboxylic acids is 1. The number of amides is 1. The van der Waals surface area contributed by atoms with Gasteiger partial charge >= 0.3 is 0 Å². The summed E-state index contributed by atoms with van der Waals surface area (Å²) < 4.78 is 31.4. The van der Waals surface area contributed by atoms with E-state index in [0.717, 1.165) is 11.1 Å². The lowest BCUT2D eigenvalue weighted by atomic mass is 9.98. The quantitative estimate of drug-likeness (QED) is 0.334. The van der Waals surface area contributed by atoms with Crippen molar-refractivity contribution in [2.24, 2.45) is 0 Å². The summed E-state index contributed by atoms with van der Waals surface area (Å²) in [6, 6.07) is 16.9. The van der Waals surface area contributed by atoms with E-state index in [9.17, 15) is 18.5 Å². The van der Waals surface area contributed by atoms with Crippen LogP contribution in [-0.2, 0) is 34.3 Å². The third kappa shape index (κ3) is 4.58. The molecule has 1 atom stereocenters. The highest BCUT2D eigenvalue weighted by molar-refractivity contribution is 7.89. The Morgan fingerprint density at radius 2 is 2.03 bits per heavy atom. The van der Waals surface area contributed by atoms with Crippen LogP contribution in [0, 0.1) is 11.3 Å². The van der Waals surface area contributed by atoms with Crippen LogP contribution >= 0.6 is 0 Å². The fraction of sp³-hybridized carbons (Fsp3) is 0.231. The van der Waals surface area contributed by atoms with Gasteiger partial charge in [-0.3, -0.25) is 4.79 Å². The molecule has 0 saturated carbocycles. The molecule has 1 aliphatic rings. The van der Waals surface area contributed by atoms with Gasteiger partial charge in [0.1, 0.15) is 17.8 Å². The number of rotatable bonds is 7. The average molecular weight is 503 g/mol. The van der Waals surface area contributed by atoms with Gasteiger partial charge in [0, 0.05) is 48.6 Å². The number of nitrogens with one attached hydrogen (secondary N) is 2. The predicted octanol–water partition coefficient (Wildman–Crippen LogP) is 2.75. The van der Waals surface area contributed by atoms with Crippen molar-refractivity contribution in [1.82, 2.24) is 19.2 Å². The number of nitrogen functional groups attached to an aromatic ring is 1. The largest absolute Gasteiger partial charge is 0.399 e. The summed E-state index contributed by atoms with van der Waals surface area (Å²) in [5.41, 5.74) is 9.81. The van der Waals surface area contributed by atoms with Crippen molar-refractivity contribution in [2.45, 2.75) is 36.9 Å². The second kappa shape index (κ2) is 9.53. The first-order valence-corrected chi connectivity index (χ1v) is 13.1. The van der Waals surface area contributed by atoms with Gasteiger partial charge < -0.3 is 20.2 Å². The first-order chi connectivity index (χ1) is 17.4. The van der Waals surface area contributed by atoms with E-state index < -0.39 is 16.1 Å². The molecule has 9 nitrogen and oxygen atoms in total. The molecule has 1 unspecified atom stereocenters. The summed E-state index contributed by atoms with van der Waals surface area (Å²) >= 11 is 0. The van der Waals surface area contributed by atoms with Crippen molar-refractivity contribution in [3.63, 3.8) is 0 Å². The Kier molecular flexibility index (Phi) is 6.26. The van der Waals surface area contributed by atoms with E-state index in [4.69, 9.17) is 5.73 Å². The van der Waals surface area contributed by atoms with Crippen LogP contribution < -0.4 is 10.5 Å². The number of sulfonamides is 1. The van der Waals surface area contributed by atoms with E-state index in [1.807, 2.05) is 18.2 Å². The van der Waals surface area contributed by atoms with E-state index in [1.165, 1.54) is 6.07 Å². The normalized spacial score (nSPS) is 14.4. The number of nitrogens with two attached hydrogens (primary N) is 1. The van der Waals surface area contributed by atoms with Crippen LogP contribution in [0.25, 0.3) is 10.9 Å². The third-order valence-corrected chi connectivity index (χ3v) is 8.13. The first-order valence-electron chi connectivity index (χ1n) is 11.7. The zero-order chi connectivity index (χ0) is 25.3. The number of anilines is 1. The molecule has 2 aromatic carbocycles. The molecule has 5 rings (SSSR count). The Hall–Kier alpha value is -4.07. The summed E-state index contributed by atoms with van der Waals surface area (Å²) in [7, 11) is -4.03. The maximum absolute atomic E-state index is 13.7. The molecule has 10 heteroatoms. The minimum atomic E-state index is -4.03. The summed E-state index contributed by atoms with van der Waals surface area (Å²) in [6.45, 7) is 1.15. The number of aromatic amines is 1. The van der Waals surface area contributed by atoms with Crippen LogP contribution in [0.3, 0.4) is 0 Å². The molecule has 1 amide bonds. The molecule has 0 fully saturated rings. The Labute approximate surface area is 209 Å². The van der Waals surface area contributed by atoms with Crippen molar-refractivity contribution in [3.8, 4) is 6.07 Å². The topological polar surface area (TPSA) is 137 Å². The Morgan fingerprint density at radius 1 is 1.17 bits per heavy atom. The number of H-pyrrole nitrogens is 1. The molecular formula is C26H26N6O3S. The molecule has 0 aliphatic carbocycles. The third-order valence-electron chi connectivity index (χ3n) is 6.60. The lowest BCUT2D eigenvalue weighted by molar-refractivity contribution is -0.134. The van der Waals surface area contributed by atoms with E-state index in [2.05, 4.69) is 15.8 Å². The van der Waals surface area contributed by atoms with Crippen LogP contribution in [0.2, 0.25) is 0 Å². The lowest BCUT2D eigenvalue weighted by Gasteiger charge is -2.32. The minimum Gasteiger partial charge on any atom is -0.399 e. The number of hydrogen-bond donors (Lipinski definition) is 3. The van der Waals surface area contributed by atoms with Gasteiger partial charge in [-0.15, -0.1) is 0 Å². The minimum absolute atomic E-state index is 0.106. The fourth-order valence-electron chi connectivity index (χ4n) is 4.74. The molecule has 36 heavy (non-hydrogen) atoms. The van der Waals surface area contributed by atoms with Gasteiger partial charge in [0.15, 0.2) is 0 Å². The maximum Gasteiger partial charge on any atom is 0.241 e. The van der Waals surface area contributed by atoms with Gasteiger partial charge in [0.25, 0.3) is 0 Å². The average Bonchev–Trinajstić information content (AvgIpc) is 3.54. The van der Waals surface area contributed by atoms with E-state index >= 15 is 0 Å². The number of benzene rings is 2. The highest BCUT2D eigenvalue weighted by Crippen LogP contribution is 2.25. The zero-order valence-corrected chi connectivity index (χ0v) is 20.3. The highest BCUT2D eigenvalue weighted by Gasteiger charge is 2.32. The monoisotopic (exact) mass is 502 g/mol. The molecule has 4 N–H and O–H groups in total. The van der Waals surface area contributed by atoms with Crippen LogP contribution in [0.15, 0.2) is 71.9 Å². The second-order valence-electron chi connectivity index (χ2n) is 8.89. The van der Waals surface area contributed by atoms with Gasteiger partial charge in [-0.05, 0) is 66.4 Å². The number of nitrogens with zero attached hydrogens (tertiary/aromatic N) is 3. The number of nitriles is 1. The molecule has 0 radical (unpaired) electrons. The molecular weight excluding hydrogens is 476 g/mol. The Bertz CT molecular complexity index is 1580. The van der Waals surface area contributed by atoms with Crippen LogP contribution in [0.5, 0.6) is 0 Å². The maximum atomic E-state index is 13.7. The smallest absolute Gasteiger partial charge is 0.241 e. The van der Waals surface area contributed by atoms with Crippen molar-refractivity contribution < 1.29 is 13.2 Å². The Morgan fingerprint density at radius 3 is 2.86 bits per heavy atom. The van der Waals surface area contributed by atoms with Crippen molar-refractivity contribution in [1.29, 1.82) is 5.26 Å². The molecule has 0 saturated heterocycles. The number of hydrogen-bond acceptors (Lipinski definition) is 5. The summed E-state index contributed by atoms with van der Waals surface area (Å²) in [5, 5.41) is 9.90. The standard InChI is InChI=1S/C26H26N6O3S/c27-16-21-3-2-12-31(21)14-10-24(26(33)32-13-9-18-6-7-20(28)15-19(18)17-32)30-36(34,35)25-5-1-4-23-22(25)8-11-29-23/h1-8,11-12,15,24,29-30H,9-10,13-14,17,28H2. The molecule has 0 bridgehead atoms.